The molecule has 0 saturated carbocycles. The molecular weight excluding hydrogens is 408 g/mol. The van der Waals surface area contributed by atoms with Gasteiger partial charge in [0.2, 0.25) is 11.5 Å². The Morgan fingerprint density at radius 2 is 1.00 bits per heavy atom. The molecule has 2 heterocycles. The van der Waals surface area contributed by atoms with Crippen molar-refractivity contribution in [3.63, 3.8) is 0 Å². The summed E-state index contributed by atoms with van der Waals surface area (Å²) in [6.07, 6.45) is -5.55. The number of esters is 2. The number of aliphatic hydroxyl groups is 8. The fraction of sp³-hybridized carbons (Fsp3) is 0.500. The second kappa shape index (κ2) is 12.9. The van der Waals surface area contributed by atoms with Crippen molar-refractivity contribution in [2.75, 3.05) is 13.2 Å². The maximum Gasteiger partial charge on any atom is 0.377 e. The second-order valence-corrected chi connectivity index (χ2v) is 4.62. The molecule has 0 aliphatic carbocycles. The third-order valence-electron chi connectivity index (χ3n) is 2.95. The molecule has 15 heteroatoms. The Hall–Kier alpha value is -1.36. The summed E-state index contributed by atoms with van der Waals surface area (Å²) in [5.41, 5.74) is 0. The third kappa shape index (κ3) is 6.95. The van der Waals surface area contributed by atoms with Crippen LogP contribution in [0.25, 0.3) is 0 Å². The summed E-state index contributed by atoms with van der Waals surface area (Å²) in [5, 5.41) is 70.1. The quantitative estimate of drug-likeness (QED) is 0.154. The van der Waals surface area contributed by atoms with Crippen LogP contribution in [0.3, 0.4) is 0 Å². The van der Waals surface area contributed by atoms with E-state index in [0.29, 0.717) is 0 Å². The number of hydrogen-bond acceptors (Lipinski definition) is 12. The van der Waals surface area contributed by atoms with E-state index in [1.807, 2.05) is 0 Å². The molecule has 0 saturated heterocycles. The number of ether oxygens (including phenoxy) is 2. The fourth-order valence-electron chi connectivity index (χ4n) is 1.65. The average Bonchev–Trinajstić information content (AvgIpc) is 2.98. The smallest absolute Gasteiger partial charge is 0.377 e. The van der Waals surface area contributed by atoms with Crippen molar-refractivity contribution in [1.82, 2.24) is 0 Å². The summed E-state index contributed by atoms with van der Waals surface area (Å²) in [6.45, 7) is -1.34. The summed E-state index contributed by atoms with van der Waals surface area (Å²) in [6, 6.07) is 0. The van der Waals surface area contributed by atoms with E-state index >= 15 is 0 Å². The zero-order valence-corrected chi connectivity index (χ0v) is 15.8. The van der Waals surface area contributed by atoms with Gasteiger partial charge in [-0.1, -0.05) is 0 Å². The van der Waals surface area contributed by atoms with Gasteiger partial charge in [0.25, 0.3) is 0 Å². The van der Waals surface area contributed by atoms with Crippen molar-refractivity contribution in [1.29, 1.82) is 0 Å². The van der Waals surface area contributed by atoms with Gasteiger partial charge in [0.1, 0.15) is 12.2 Å². The Morgan fingerprint density at radius 3 is 1.15 bits per heavy atom. The normalized spacial score (nSPS) is 23.0. The van der Waals surface area contributed by atoms with Gasteiger partial charge in [0.15, 0.2) is 23.7 Å². The fourth-order valence-corrected chi connectivity index (χ4v) is 1.65. The number of hydrogen-bond donors (Lipinski definition) is 8. The van der Waals surface area contributed by atoms with E-state index in [0.717, 1.165) is 0 Å². The topological polar surface area (TPSA) is 277 Å². The van der Waals surface area contributed by atoms with Crippen LogP contribution in [0.5, 0.6) is 0 Å². The molecule has 27 heavy (non-hydrogen) atoms. The molecule has 0 amide bonds. The third-order valence-corrected chi connectivity index (χ3v) is 2.95. The maximum atomic E-state index is 10.5. The van der Waals surface area contributed by atoms with Crippen LogP contribution in [0.2, 0.25) is 0 Å². The van der Waals surface area contributed by atoms with Crippen LogP contribution in [0.4, 0.5) is 0 Å². The summed E-state index contributed by atoms with van der Waals surface area (Å²) >= 11 is 0. The van der Waals surface area contributed by atoms with E-state index in [1.54, 1.807) is 0 Å². The molecule has 2 aliphatic rings. The largest absolute Gasteiger partial charge is 0.505 e. The predicted molar refractivity (Wildman–Crippen MR) is 83.5 cm³/mol. The number of aliphatic hydroxyl groups excluding tert-OH is 8. The van der Waals surface area contributed by atoms with E-state index < -0.39 is 72.6 Å². The van der Waals surface area contributed by atoms with E-state index in [9.17, 15) is 9.59 Å². The molecule has 12 N–H and O–H groups in total. The van der Waals surface area contributed by atoms with E-state index in [1.165, 1.54) is 0 Å². The Balaban J connectivity index is -0.000000384. The van der Waals surface area contributed by atoms with Crippen molar-refractivity contribution in [3.05, 3.63) is 23.0 Å². The number of carbonyl (C=O) groups is 2. The second-order valence-electron chi connectivity index (χ2n) is 4.62. The van der Waals surface area contributed by atoms with E-state index in [-0.39, 0.29) is 48.7 Å². The molecule has 2 rings (SSSR count). The van der Waals surface area contributed by atoms with E-state index in [2.05, 4.69) is 9.47 Å². The van der Waals surface area contributed by atoms with Gasteiger partial charge in [-0.2, -0.15) is 0 Å². The maximum absolute atomic E-state index is 10.5. The molecule has 0 spiro atoms. The van der Waals surface area contributed by atoms with Gasteiger partial charge in [0, 0.05) is 37.7 Å². The van der Waals surface area contributed by atoms with Gasteiger partial charge < -0.3 is 61.3 Å². The van der Waals surface area contributed by atoms with Crippen LogP contribution in [0.1, 0.15) is 0 Å². The number of cyclic esters (lactones) is 2. The first kappa shape index (κ1) is 30.4. The first-order valence-corrected chi connectivity index (χ1v) is 6.39. The first-order chi connectivity index (χ1) is 11.1. The summed E-state index contributed by atoms with van der Waals surface area (Å²) in [7, 11) is 0. The molecule has 0 unspecified atom stereocenters. The van der Waals surface area contributed by atoms with Gasteiger partial charge in [-0.3, -0.25) is 0 Å². The Morgan fingerprint density at radius 1 is 0.741 bits per heavy atom. The summed E-state index contributed by atoms with van der Waals surface area (Å²) in [4.78, 5) is 21.1. The molecule has 4 atom stereocenters. The molecule has 14 nitrogen and oxygen atoms in total. The molecule has 0 aromatic heterocycles. The van der Waals surface area contributed by atoms with Crippen molar-refractivity contribution in [2.24, 2.45) is 0 Å². The van der Waals surface area contributed by atoms with Crippen LogP contribution in [0.15, 0.2) is 23.0 Å². The first-order valence-electron chi connectivity index (χ1n) is 6.39. The van der Waals surface area contributed by atoms with Gasteiger partial charge >= 0.3 is 11.9 Å². The van der Waals surface area contributed by atoms with Crippen LogP contribution in [0, 0.1) is 0 Å². The SMILES string of the molecule is O.O.O=C1O[C@H]([C@@H](O)CO)C(O)=C1O.O=C1O[C@H]([C@@H](O)CO)C(O)=C1O.[Ca]. The molecule has 0 fully saturated rings. The van der Waals surface area contributed by atoms with Crippen LogP contribution in [-0.4, -0.2) is 139 Å². The monoisotopic (exact) mass is 428 g/mol. The Kier molecular flexibility index (Phi) is 14.5. The Bertz CT molecular complexity index is 522. The molecule has 0 aromatic carbocycles. The number of rotatable bonds is 4. The standard InChI is InChI=1S/2C6H8O6.Ca.2H2O/c2*7-1-2(8)5-3(9)4(10)6(11)12-5;;;/h2*2,5,7-10H,1H2;;2*1H2/t2*2-,5+;;;/m00.../s1. The predicted octanol–water partition coefficient (Wildman–Crippen LogP) is -4.84. The minimum Gasteiger partial charge on any atom is -0.505 e. The summed E-state index contributed by atoms with van der Waals surface area (Å²) < 4.78 is 8.63. The van der Waals surface area contributed by atoms with Crippen LogP contribution >= 0.6 is 0 Å². The minimum absolute atomic E-state index is 0. The van der Waals surface area contributed by atoms with Gasteiger partial charge in [-0.25, -0.2) is 9.59 Å². The van der Waals surface area contributed by atoms with Crippen LogP contribution in [-0.2, 0) is 19.1 Å². The molecule has 154 valence electrons. The molecule has 2 radical (unpaired) electrons. The van der Waals surface area contributed by atoms with Crippen molar-refractivity contribution < 1.29 is 70.9 Å². The number of carbonyl (C=O) groups excluding carboxylic acids is 2. The van der Waals surface area contributed by atoms with Gasteiger partial charge in [-0.05, 0) is 0 Å². The average molecular weight is 428 g/mol. The Labute approximate surface area is 180 Å². The molecule has 0 bridgehead atoms. The molecule has 2 aliphatic heterocycles. The van der Waals surface area contributed by atoms with Gasteiger partial charge in [0.05, 0.1) is 13.2 Å². The minimum atomic E-state index is -1.42. The van der Waals surface area contributed by atoms with Crippen LogP contribution < -0.4 is 0 Å². The molecule has 0 aromatic rings. The molecular formula is C12H20CaO14. The van der Waals surface area contributed by atoms with Crippen molar-refractivity contribution in [2.45, 2.75) is 24.4 Å². The van der Waals surface area contributed by atoms with Crippen molar-refractivity contribution in [3.8, 4) is 0 Å². The zero-order valence-electron chi connectivity index (χ0n) is 13.6. The summed E-state index contributed by atoms with van der Waals surface area (Å²) in [5.74, 6) is -5.56. The van der Waals surface area contributed by atoms with Crippen molar-refractivity contribution >= 4 is 49.7 Å². The van der Waals surface area contributed by atoms with E-state index in [4.69, 9.17) is 40.9 Å². The van der Waals surface area contributed by atoms with Gasteiger partial charge in [-0.15, -0.1) is 0 Å². The zero-order chi connectivity index (χ0) is 18.6.